The molecule has 1 saturated heterocycles. The molecule has 1 fully saturated rings. The molecule has 136 valence electrons. The van der Waals surface area contributed by atoms with Crippen molar-refractivity contribution in [1.82, 2.24) is 4.98 Å². The summed E-state index contributed by atoms with van der Waals surface area (Å²) in [5.74, 6) is 2.21. The number of nitrogens with zero attached hydrogens (tertiary/aromatic N) is 1. The number of nitrogens with one attached hydrogen (secondary N) is 1. The lowest BCUT2D eigenvalue weighted by Crippen LogP contribution is -2.20. The number of carbonyl (C=O) groups excluding carboxylic acids is 1. The number of benzene rings is 2. The lowest BCUT2D eigenvalue weighted by atomic mass is 10.0. The molecular formula is C22H20N2O2S. The number of hydrogen-bond donors (Lipinski definition) is 1. The Balaban J connectivity index is 1.59. The van der Waals surface area contributed by atoms with Crippen LogP contribution < -0.4 is 10.1 Å². The Bertz CT molecular complexity index is 924. The van der Waals surface area contributed by atoms with Crippen molar-refractivity contribution in [1.29, 1.82) is 0 Å². The van der Waals surface area contributed by atoms with E-state index in [2.05, 4.69) is 10.3 Å². The van der Waals surface area contributed by atoms with Crippen LogP contribution >= 0.6 is 11.8 Å². The number of amides is 1. The summed E-state index contributed by atoms with van der Waals surface area (Å²) in [6, 6.07) is 21.3. The molecule has 1 aliphatic rings. The second kappa shape index (κ2) is 8.27. The number of anilines is 1. The molecule has 1 amide bonds. The molecule has 1 N–H and O–H groups in total. The molecule has 1 aliphatic heterocycles. The molecule has 27 heavy (non-hydrogen) atoms. The minimum atomic E-state index is -0.216. The molecule has 3 aromatic rings. The second-order valence-corrected chi connectivity index (χ2v) is 7.48. The Kier molecular flexibility index (Phi) is 5.39. The van der Waals surface area contributed by atoms with Gasteiger partial charge in [0.2, 0.25) is 5.88 Å². The Hall–Kier alpha value is -2.79. The molecule has 0 saturated carbocycles. The highest BCUT2D eigenvalue weighted by Crippen LogP contribution is 2.29. The normalized spacial score (nSPS) is 16.1. The summed E-state index contributed by atoms with van der Waals surface area (Å²) in [5, 5.41) is 3.03. The molecule has 0 spiro atoms. The number of para-hydroxylation sites is 1. The Morgan fingerprint density at radius 3 is 2.67 bits per heavy atom. The summed E-state index contributed by atoms with van der Waals surface area (Å²) in [5.41, 5.74) is 3.25. The van der Waals surface area contributed by atoms with Crippen molar-refractivity contribution in [2.45, 2.75) is 12.5 Å². The fraction of sp³-hybridized carbons (Fsp3) is 0.182. The topological polar surface area (TPSA) is 51.2 Å². The SMILES string of the molecule is O=C(Nc1ccccc1-c1ccccc1)c1cccnc1O[C@H]1CCSC1. The van der Waals surface area contributed by atoms with Crippen molar-refractivity contribution >= 4 is 23.4 Å². The summed E-state index contributed by atoms with van der Waals surface area (Å²) in [7, 11) is 0. The van der Waals surface area contributed by atoms with E-state index in [1.807, 2.05) is 66.4 Å². The van der Waals surface area contributed by atoms with Crippen molar-refractivity contribution in [3.05, 3.63) is 78.5 Å². The van der Waals surface area contributed by atoms with E-state index in [1.165, 1.54) is 0 Å². The third-order valence-corrected chi connectivity index (χ3v) is 5.57. The van der Waals surface area contributed by atoms with Crippen LogP contribution in [0.2, 0.25) is 0 Å². The fourth-order valence-corrected chi connectivity index (χ4v) is 4.17. The molecule has 0 bridgehead atoms. The van der Waals surface area contributed by atoms with Crippen LogP contribution in [0, 0.1) is 0 Å². The van der Waals surface area contributed by atoms with E-state index in [-0.39, 0.29) is 12.0 Å². The van der Waals surface area contributed by atoms with Crippen LogP contribution in [0.4, 0.5) is 5.69 Å². The average molecular weight is 376 g/mol. The third-order valence-electron chi connectivity index (χ3n) is 4.44. The van der Waals surface area contributed by atoms with E-state index in [4.69, 9.17) is 4.74 Å². The quantitative estimate of drug-likeness (QED) is 0.689. The van der Waals surface area contributed by atoms with Gasteiger partial charge in [-0.15, -0.1) is 0 Å². The Morgan fingerprint density at radius 1 is 1.04 bits per heavy atom. The van der Waals surface area contributed by atoms with Gasteiger partial charge in [-0.25, -0.2) is 4.98 Å². The van der Waals surface area contributed by atoms with Gasteiger partial charge in [-0.1, -0.05) is 48.5 Å². The van der Waals surface area contributed by atoms with Crippen LogP contribution in [0.3, 0.4) is 0 Å². The fourth-order valence-electron chi connectivity index (χ4n) is 3.07. The van der Waals surface area contributed by atoms with Crippen LogP contribution in [-0.2, 0) is 0 Å². The van der Waals surface area contributed by atoms with E-state index in [1.54, 1.807) is 18.3 Å². The molecule has 5 heteroatoms. The second-order valence-electron chi connectivity index (χ2n) is 6.33. The zero-order valence-electron chi connectivity index (χ0n) is 14.8. The van der Waals surface area contributed by atoms with Crippen LogP contribution in [0.1, 0.15) is 16.8 Å². The molecule has 0 radical (unpaired) electrons. The highest BCUT2D eigenvalue weighted by atomic mass is 32.2. The van der Waals surface area contributed by atoms with Gasteiger partial charge in [-0.2, -0.15) is 11.8 Å². The molecular weight excluding hydrogens is 356 g/mol. The molecule has 1 aromatic heterocycles. The van der Waals surface area contributed by atoms with Gasteiger partial charge in [0.25, 0.3) is 5.91 Å². The van der Waals surface area contributed by atoms with Gasteiger partial charge in [0, 0.05) is 23.2 Å². The zero-order chi connectivity index (χ0) is 18.5. The van der Waals surface area contributed by atoms with E-state index >= 15 is 0 Å². The monoisotopic (exact) mass is 376 g/mol. The van der Waals surface area contributed by atoms with Crippen molar-refractivity contribution in [3.63, 3.8) is 0 Å². The number of carbonyl (C=O) groups is 1. The van der Waals surface area contributed by atoms with Gasteiger partial charge >= 0.3 is 0 Å². The van der Waals surface area contributed by atoms with Crippen LogP contribution in [0.5, 0.6) is 5.88 Å². The minimum absolute atomic E-state index is 0.119. The molecule has 0 unspecified atom stereocenters. The van der Waals surface area contributed by atoms with Crippen molar-refractivity contribution < 1.29 is 9.53 Å². The predicted octanol–water partition coefficient (Wildman–Crippen LogP) is 4.89. The van der Waals surface area contributed by atoms with Gasteiger partial charge in [0.15, 0.2) is 0 Å². The maximum atomic E-state index is 13.0. The minimum Gasteiger partial charge on any atom is -0.473 e. The van der Waals surface area contributed by atoms with Gasteiger partial charge in [0.05, 0.1) is 0 Å². The zero-order valence-corrected chi connectivity index (χ0v) is 15.6. The van der Waals surface area contributed by atoms with Gasteiger partial charge in [0.1, 0.15) is 11.7 Å². The standard InChI is InChI=1S/C22H20N2O2S/c25-21(19-10-6-13-23-22(19)26-17-12-14-27-15-17)24-20-11-5-4-9-18(20)16-7-2-1-3-8-16/h1-11,13,17H,12,14-15H2,(H,24,25)/t17-/m0/s1. The van der Waals surface area contributed by atoms with Crippen LogP contribution in [-0.4, -0.2) is 28.5 Å². The molecule has 2 aromatic carbocycles. The van der Waals surface area contributed by atoms with E-state index in [9.17, 15) is 4.79 Å². The van der Waals surface area contributed by atoms with E-state index < -0.39 is 0 Å². The van der Waals surface area contributed by atoms with E-state index in [0.717, 1.165) is 34.7 Å². The summed E-state index contributed by atoms with van der Waals surface area (Å²) in [6.07, 6.45) is 2.76. The lowest BCUT2D eigenvalue weighted by molar-refractivity contribution is 0.101. The maximum Gasteiger partial charge on any atom is 0.261 e. The molecule has 0 aliphatic carbocycles. The van der Waals surface area contributed by atoms with Crippen LogP contribution in [0.15, 0.2) is 72.9 Å². The molecule has 2 heterocycles. The number of rotatable bonds is 5. The number of hydrogen-bond acceptors (Lipinski definition) is 4. The number of aromatic nitrogens is 1. The van der Waals surface area contributed by atoms with Crippen molar-refractivity contribution in [2.75, 3.05) is 16.8 Å². The molecule has 4 nitrogen and oxygen atoms in total. The maximum absolute atomic E-state index is 13.0. The summed E-state index contributed by atoms with van der Waals surface area (Å²) in [6.45, 7) is 0. The van der Waals surface area contributed by atoms with Gasteiger partial charge in [-0.3, -0.25) is 4.79 Å². The first-order valence-corrected chi connectivity index (χ1v) is 10.1. The van der Waals surface area contributed by atoms with Crippen LogP contribution in [0.25, 0.3) is 11.1 Å². The highest BCUT2D eigenvalue weighted by Gasteiger charge is 2.21. The number of pyridine rings is 1. The smallest absolute Gasteiger partial charge is 0.261 e. The first kappa shape index (κ1) is 17.6. The first-order valence-electron chi connectivity index (χ1n) is 8.96. The Labute approximate surface area is 163 Å². The Morgan fingerprint density at radius 2 is 1.85 bits per heavy atom. The van der Waals surface area contributed by atoms with E-state index in [0.29, 0.717) is 11.4 Å². The summed E-state index contributed by atoms with van der Waals surface area (Å²) < 4.78 is 5.99. The predicted molar refractivity (Wildman–Crippen MR) is 110 cm³/mol. The lowest BCUT2D eigenvalue weighted by Gasteiger charge is -2.15. The molecule has 1 atom stereocenters. The van der Waals surface area contributed by atoms with Crippen molar-refractivity contribution in [3.8, 4) is 17.0 Å². The average Bonchev–Trinajstić information content (AvgIpc) is 3.22. The molecule has 4 rings (SSSR count). The van der Waals surface area contributed by atoms with Gasteiger partial charge in [-0.05, 0) is 35.9 Å². The summed E-state index contributed by atoms with van der Waals surface area (Å²) >= 11 is 1.86. The largest absolute Gasteiger partial charge is 0.473 e. The van der Waals surface area contributed by atoms with Gasteiger partial charge < -0.3 is 10.1 Å². The number of thioether (sulfide) groups is 1. The van der Waals surface area contributed by atoms with Crippen molar-refractivity contribution in [2.24, 2.45) is 0 Å². The summed E-state index contributed by atoms with van der Waals surface area (Å²) in [4.78, 5) is 17.2. The number of ether oxygens (including phenoxy) is 1. The third kappa shape index (κ3) is 4.14. The highest BCUT2D eigenvalue weighted by molar-refractivity contribution is 7.99. The first-order chi connectivity index (χ1) is 13.3.